The molecule has 0 aliphatic heterocycles. The van der Waals surface area contributed by atoms with Crippen molar-refractivity contribution in [3.8, 4) is 0 Å². The summed E-state index contributed by atoms with van der Waals surface area (Å²) in [5.74, 6) is 0.860. The third-order valence-corrected chi connectivity index (χ3v) is 4.44. The zero-order valence-corrected chi connectivity index (χ0v) is 8.88. The van der Waals surface area contributed by atoms with Crippen LogP contribution < -0.4 is 0 Å². The maximum Gasteiger partial charge on any atom is 0.0894 e. The van der Waals surface area contributed by atoms with Crippen LogP contribution >= 0.6 is 11.6 Å². The Morgan fingerprint density at radius 1 is 1.00 bits per heavy atom. The van der Waals surface area contributed by atoms with Gasteiger partial charge in [-0.3, -0.25) is 4.39 Å². The molecule has 0 saturated heterocycles. The zero-order chi connectivity index (χ0) is 9.36. The first-order valence-corrected chi connectivity index (χ1v) is 5.90. The van der Waals surface area contributed by atoms with Gasteiger partial charge in [-0.1, -0.05) is 12.8 Å². The van der Waals surface area contributed by atoms with Crippen molar-refractivity contribution in [2.75, 3.05) is 12.6 Å². The van der Waals surface area contributed by atoms with Crippen LogP contribution in [0.15, 0.2) is 0 Å². The molecule has 3 saturated carbocycles. The standard InChI is InChI=1S/C11H18ClF/c12-9-11-6-10(7-11,8-11)4-2-1-3-5-13/h1-9H2. The van der Waals surface area contributed by atoms with Gasteiger partial charge in [0.1, 0.15) is 0 Å². The molecular formula is C11H18ClF. The highest BCUT2D eigenvalue weighted by molar-refractivity contribution is 6.18. The first kappa shape index (κ1) is 9.76. The van der Waals surface area contributed by atoms with E-state index in [1.807, 2.05) is 0 Å². The Hall–Kier alpha value is 0.220. The van der Waals surface area contributed by atoms with Crippen LogP contribution in [0.1, 0.15) is 44.9 Å². The molecule has 0 N–H and O–H groups in total. The summed E-state index contributed by atoms with van der Waals surface area (Å²) < 4.78 is 11.8. The molecule has 0 radical (unpaired) electrons. The molecule has 0 aromatic rings. The predicted octanol–water partition coefficient (Wildman–Crippen LogP) is 3.93. The van der Waals surface area contributed by atoms with E-state index >= 15 is 0 Å². The molecule has 13 heavy (non-hydrogen) atoms. The second-order valence-electron chi connectivity index (χ2n) is 5.16. The molecule has 2 heteroatoms. The lowest BCUT2D eigenvalue weighted by molar-refractivity contribution is -0.192. The molecule has 76 valence electrons. The Morgan fingerprint density at radius 3 is 2.23 bits per heavy atom. The molecule has 2 bridgehead atoms. The summed E-state index contributed by atoms with van der Waals surface area (Å²) >= 11 is 5.88. The van der Waals surface area contributed by atoms with E-state index < -0.39 is 0 Å². The van der Waals surface area contributed by atoms with Crippen LogP contribution in [0.4, 0.5) is 4.39 Å². The molecule has 3 rings (SSSR count). The van der Waals surface area contributed by atoms with E-state index in [1.165, 1.54) is 32.1 Å². The van der Waals surface area contributed by atoms with Crippen LogP contribution in [0.2, 0.25) is 0 Å². The maximum atomic E-state index is 11.8. The molecule has 3 aliphatic rings. The van der Waals surface area contributed by atoms with E-state index in [9.17, 15) is 4.39 Å². The monoisotopic (exact) mass is 204 g/mol. The van der Waals surface area contributed by atoms with Crippen molar-refractivity contribution in [3.63, 3.8) is 0 Å². The molecule has 0 spiro atoms. The zero-order valence-electron chi connectivity index (χ0n) is 8.12. The van der Waals surface area contributed by atoms with E-state index in [-0.39, 0.29) is 6.67 Å². The quantitative estimate of drug-likeness (QED) is 0.455. The summed E-state index contributed by atoms with van der Waals surface area (Å²) in [5, 5.41) is 0. The van der Waals surface area contributed by atoms with Crippen LogP contribution in [0, 0.1) is 10.8 Å². The van der Waals surface area contributed by atoms with Crippen LogP contribution in [-0.4, -0.2) is 12.6 Å². The van der Waals surface area contributed by atoms with Gasteiger partial charge < -0.3 is 0 Å². The molecule has 3 fully saturated rings. The summed E-state index contributed by atoms with van der Waals surface area (Å²) in [6.07, 6.45) is 8.47. The topological polar surface area (TPSA) is 0 Å². The Balaban J connectivity index is 1.59. The summed E-state index contributed by atoms with van der Waals surface area (Å²) in [6.45, 7) is -0.140. The number of alkyl halides is 2. The minimum Gasteiger partial charge on any atom is -0.251 e. The number of rotatable bonds is 6. The number of hydrogen-bond donors (Lipinski definition) is 0. The highest BCUT2D eigenvalue weighted by Crippen LogP contribution is 2.75. The second kappa shape index (κ2) is 3.42. The van der Waals surface area contributed by atoms with Gasteiger partial charge >= 0.3 is 0 Å². The van der Waals surface area contributed by atoms with Gasteiger partial charge in [0.2, 0.25) is 0 Å². The Bertz CT molecular complexity index is 171. The van der Waals surface area contributed by atoms with Crippen molar-refractivity contribution in [2.45, 2.75) is 44.9 Å². The van der Waals surface area contributed by atoms with Gasteiger partial charge in [0.15, 0.2) is 0 Å². The normalized spacial score (nSPS) is 41.1. The Morgan fingerprint density at radius 2 is 1.69 bits per heavy atom. The molecule has 0 unspecified atom stereocenters. The first-order valence-electron chi connectivity index (χ1n) is 5.36. The van der Waals surface area contributed by atoms with Gasteiger partial charge in [0, 0.05) is 5.88 Å². The highest BCUT2D eigenvalue weighted by atomic mass is 35.5. The fourth-order valence-corrected chi connectivity index (χ4v) is 3.69. The SMILES string of the molecule is FCCCCCC12CC(CCl)(C1)C2. The van der Waals surface area contributed by atoms with Crippen molar-refractivity contribution in [1.29, 1.82) is 0 Å². The lowest BCUT2D eigenvalue weighted by Gasteiger charge is -2.71. The van der Waals surface area contributed by atoms with Gasteiger partial charge in [-0.25, -0.2) is 0 Å². The van der Waals surface area contributed by atoms with Crippen molar-refractivity contribution in [1.82, 2.24) is 0 Å². The third-order valence-electron chi connectivity index (χ3n) is 3.87. The lowest BCUT2D eigenvalue weighted by atomic mass is 9.35. The molecule has 0 atom stereocenters. The lowest BCUT2D eigenvalue weighted by Crippen LogP contribution is -2.62. The van der Waals surface area contributed by atoms with Gasteiger partial charge in [-0.15, -0.1) is 11.6 Å². The van der Waals surface area contributed by atoms with Crippen LogP contribution in [0.25, 0.3) is 0 Å². The summed E-state index contributed by atoms with van der Waals surface area (Å²) in [6, 6.07) is 0. The number of halogens is 2. The van der Waals surface area contributed by atoms with Crippen LogP contribution in [0.3, 0.4) is 0 Å². The van der Waals surface area contributed by atoms with Crippen LogP contribution in [0.5, 0.6) is 0 Å². The minimum atomic E-state index is -0.140. The van der Waals surface area contributed by atoms with E-state index in [1.54, 1.807) is 0 Å². The van der Waals surface area contributed by atoms with Gasteiger partial charge in [-0.2, -0.15) is 0 Å². The second-order valence-corrected chi connectivity index (χ2v) is 5.43. The summed E-state index contributed by atoms with van der Waals surface area (Å²) in [7, 11) is 0. The molecule has 0 aromatic carbocycles. The first-order chi connectivity index (χ1) is 6.24. The fourth-order valence-electron chi connectivity index (χ4n) is 3.41. The van der Waals surface area contributed by atoms with Crippen molar-refractivity contribution >= 4 is 11.6 Å². The molecule has 0 nitrogen and oxygen atoms in total. The third kappa shape index (κ3) is 1.60. The molecule has 0 heterocycles. The number of unbranched alkanes of at least 4 members (excludes halogenated alkanes) is 2. The average Bonchev–Trinajstić information content (AvgIpc) is 1.99. The van der Waals surface area contributed by atoms with Gasteiger partial charge in [0.05, 0.1) is 6.67 Å². The predicted molar refractivity (Wildman–Crippen MR) is 53.9 cm³/mol. The average molecular weight is 205 g/mol. The largest absolute Gasteiger partial charge is 0.251 e. The smallest absolute Gasteiger partial charge is 0.0894 e. The summed E-state index contributed by atoms with van der Waals surface area (Å²) in [5.41, 5.74) is 1.23. The fraction of sp³-hybridized carbons (Fsp3) is 1.00. The van der Waals surface area contributed by atoms with Gasteiger partial charge in [0.25, 0.3) is 0 Å². The maximum absolute atomic E-state index is 11.8. The van der Waals surface area contributed by atoms with Crippen LogP contribution in [-0.2, 0) is 0 Å². The molecule has 0 amide bonds. The Kier molecular flexibility index (Phi) is 2.57. The van der Waals surface area contributed by atoms with Crippen molar-refractivity contribution in [2.24, 2.45) is 10.8 Å². The molecule has 3 aliphatic carbocycles. The van der Waals surface area contributed by atoms with Crippen molar-refractivity contribution < 1.29 is 4.39 Å². The van der Waals surface area contributed by atoms with E-state index in [4.69, 9.17) is 11.6 Å². The van der Waals surface area contributed by atoms with Gasteiger partial charge in [-0.05, 0) is 42.9 Å². The van der Waals surface area contributed by atoms with E-state index in [2.05, 4.69) is 0 Å². The molecule has 0 aromatic heterocycles. The number of hydrogen-bond acceptors (Lipinski definition) is 0. The Labute approximate surface area is 84.8 Å². The summed E-state index contributed by atoms with van der Waals surface area (Å²) in [4.78, 5) is 0. The van der Waals surface area contributed by atoms with E-state index in [0.717, 1.165) is 18.7 Å². The molecular weight excluding hydrogens is 187 g/mol. The van der Waals surface area contributed by atoms with E-state index in [0.29, 0.717) is 10.8 Å². The van der Waals surface area contributed by atoms with Crippen molar-refractivity contribution in [3.05, 3.63) is 0 Å². The highest BCUT2D eigenvalue weighted by Gasteiger charge is 2.65. The minimum absolute atomic E-state index is 0.140.